The van der Waals surface area contributed by atoms with Crippen molar-refractivity contribution >= 4 is 22.6 Å². The van der Waals surface area contributed by atoms with Gasteiger partial charge in [0, 0.05) is 25.4 Å². The minimum atomic E-state index is -1.63. The van der Waals surface area contributed by atoms with Crippen LogP contribution in [0.1, 0.15) is 10.4 Å². The Kier molecular flexibility index (Phi) is 4.15. The molecule has 0 radical (unpaired) electrons. The van der Waals surface area contributed by atoms with E-state index >= 15 is 0 Å². The number of hydrogen-bond acceptors (Lipinski definition) is 3. The third kappa shape index (κ3) is 2.67. The Bertz CT molecular complexity index is 1130. The predicted octanol–water partition coefficient (Wildman–Crippen LogP) is 3.29. The molecule has 0 atom stereocenters. The van der Waals surface area contributed by atoms with Crippen LogP contribution in [0.15, 0.2) is 35.3 Å². The maximum atomic E-state index is 14.3. The van der Waals surface area contributed by atoms with Gasteiger partial charge in [0.15, 0.2) is 11.6 Å². The van der Waals surface area contributed by atoms with Gasteiger partial charge in [-0.3, -0.25) is 4.79 Å². The van der Waals surface area contributed by atoms with Crippen molar-refractivity contribution in [2.45, 2.75) is 0 Å². The van der Waals surface area contributed by atoms with Crippen LogP contribution in [0.4, 0.5) is 23.2 Å². The van der Waals surface area contributed by atoms with E-state index in [1.165, 1.54) is 7.05 Å². The minimum absolute atomic E-state index is 0.118. The highest BCUT2D eigenvalue weighted by Gasteiger charge is 2.20. The summed E-state index contributed by atoms with van der Waals surface area (Å²) >= 11 is 0. The number of carbonyl (C=O) groups is 1. The van der Waals surface area contributed by atoms with Gasteiger partial charge in [-0.2, -0.15) is 0 Å². The van der Waals surface area contributed by atoms with Crippen molar-refractivity contribution in [2.24, 2.45) is 0 Å². The first-order valence-electron chi connectivity index (χ1n) is 7.19. The third-order valence-electron chi connectivity index (χ3n) is 3.84. The summed E-state index contributed by atoms with van der Waals surface area (Å²) < 4.78 is 56.1. The summed E-state index contributed by atoms with van der Waals surface area (Å²) in [4.78, 5) is 23.5. The number of carboxylic acid groups (broad SMARTS) is 1. The second-order valence-electron chi connectivity index (χ2n) is 5.36. The summed E-state index contributed by atoms with van der Waals surface area (Å²) in [5.74, 6) is -6.31. The van der Waals surface area contributed by atoms with Crippen LogP contribution in [0.25, 0.3) is 16.6 Å². The Morgan fingerprint density at radius 1 is 1.00 bits per heavy atom. The molecule has 26 heavy (non-hydrogen) atoms. The lowest BCUT2D eigenvalue weighted by Crippen LogP contribution is -2.19. The SMILES string of the molecule is CNc1cc(-n2cc(C(=O)O)c(=O)c3cc(F)c(F)cc32)c(F)cc1F. The zero-order chi connectivity index (χ0) is 19.2. The zero-order valence-corrected chi connectivity index (χ0v) is 13.1. The van der Waals surface area contributed by atoms with Crippen LogP contribution in [0.2, 0.25) is 0 Å². The lowest BCUT2D eigenvalue weighted by atomic mass is 10.1. The number of carboxylic acids is 1. The molecule has 0 saturated heterocycles. The molecule has 5 nitrogen and oxygen atoms in total. The smallest absolute Gasteiger partial charge is 0.341 e. The standard InChI is InChI=1S/C17H10F4N2O3/c1-22-13-5-15(12(21)3-11(13)20)23-6-8(17(25)26)16(24)7-2-9(18)10(19)4-14(7)23/h2-6,22H,1H3,(H,25,26). The Balaban J connectivity index is 2.50. The number of fused-ring (bicyclic) bond motifs is 1. The molecule has 0 aliphatic heterocycles. The van der Waals surface area contributed by atoms with E-state index in [0.717, 1.165) is 16.8 Å². The largest absolute Gasteiger partial charge is 0.477 e. The summed E-state index contributed by atoms with van der Waals surface area (Å²) in [6.07, 6.45) is 0.778. The molecular weight excluding hydrogens is 356 g/mol. The van der Waals surface area contributed by atoms with Crippen molar-refractivity contribution in [1.29, 1.82) is 0 Å². The molecule has 3 rings (SSSR count). The number of anilines is 1. The number of aromatic nitrogens is 1. The fraction of sp³-hybridized carbons (Fsp3) is 0.0588. The molecule has 1 aromatic heterocycles. The lowest BCUT2D eigenvalue weighted by Gasteiger charge is -2.15. The summed E-state index contributed by atoms with van der Waals surface area (Å²) in [6, 6.07) is 2.74. The Morgan fingerprint density at radius 2 is 1.65 bits per heavy atom. The molecule has 0 aliphatic rings. The molecular formula is C17H10F4N2O3. The molecule has 0 amide bonds. The number of nitrogens with one attached hydrogen (secondary N) is 1. The number of nitrogens with zero attached hydrogens (tertiary/aromatic N) is 1. The highest BCUT2D eigenvalue weighted by atomic mass is 19.2. The van der Waals surface area contributed by atoms with Crippen molar-refractivity contribution in [1.82, 2.24) is 4.57 Å². The lowest BCUT2D eigenvalue weighted by molar-refractivity contribution is 0.0695. The van der Waals surface area contributed by atoms with E-state index in [1.54, 1.807) is 0 Å². The molecule has 0 unspecified atom stereocenters. The van der Waals surface area contributed by atoms with E-state index < -0.39 is 45.6 Å². The number of benzene rings is 2. The van der Waals surface area contributed by atoms with Gasteiger partial charge in [-0.15, -0.1) is 0 Å². The second kappa shape index (κ2) is 6.17. The van der Waals surface area contributed by atoms with Crippen LogP contribution in [0.3, 0.4) is 0 Å². The van der Waals surface area contributed by atoms with E-state index in [4.69, 9.17) is 0 Å². The van der Waals surface area contributed by atoms with E-state index in [-0.39, 0.29) is 16.9 Å². The fourth-order valence-electron chi connectivity index (χ4n) is 2.59. The predicted molar refractivity (Wildman–Crippen MR) is 85.9 cm³/mol. The van der Waals surface area contributed by atoms with Crippen molar-refractivity contribution < 1.29 is 27.5 Å². The summed E-state index contributed by atoms with van der Waals surface area (Å²) in [6.45, 7) is 0. The van der Waals surface area contributed by atoms with Crippen LogP contribution < -0.4 is 10.7 Å². The van der Waals surface area contributed by atoms with Gasteiger partial charge in [0.2, 0.25) is 5.43 Å². The van der Waals surface area contributed by atoms with Gasteiger partial charge in [-0.05, 0) is 12.1 Å². The summed E-state index contributed by atoms with van der Waals surface area (Å²) in [7, 11) is 1.38. The van der Waals surface area contributed by atoms with E-state index in [9.17, 15) is 32.3 Å². The van der Waals surface area contributed by atoms with Gasteiger partial charge in [0.25, 0.3) is 0 Å². The first-order valence-corrected chi connectivity index (χ1v) is 7.19. The highest BCUT2D eigenvalue weighted by molar-refractivity contribution is 5.93. The van der Waals surface area contributed by atoms with Gasteiger partial charge in [0.1, 0.15) is 17.2 Å². The van der Waals surface area contributed by atoms with Crippen molar-refractivity contribution in [2.75, 3.05) is 12.4 Å². The average Bonchev–Trinajstić information content (AvgIpc) is 2.57. The third-order valence-corrected chi connectivity index (χ3v) is 3.84. The molecule has 3 aromatic rings. The minimum Gasteiger partial charge on any atom is -0.477 e. The van der Waals surface area contributed by atoms with Gasteiger partial charge < -0.3 is 15.0 Å². The zero-order valence-electron chi connectivity index (χ0n) is 13.1. The van der Waals surface area contributed by atoms with Gasteiger partial charge in [0.05, 0.1) is 22.3 Å². The van der Waals surface area contributed by atoms with Crippen LogP contribution in [0.5, 0.6) is 0 Å². The molecule has 2 N–H and O–H groups in total. The first kappa shape index (κ1) is 17.5. The van der Waals surface area contributed by atoms with Gasteiger partial charge in [-0.1, -0.05) is 0 Å². The molecule has 0 spiro atoms. The molecule has 2 aromatic carbocycles. The van der Waals surface area contributed by atoms with Gasteiger partial charge >= 0.3 is 5.97 Å². The Hall–Kier alpha value is -3.36. The molecule has 1 heterocycles. The molecule has 0 fully saturated rings. The van der Waals surface area contributed by atoms with E-state index in [0.29, 0.717) is 18.2 Å². The highest BCUT2D eigenvalue weighted by Crippen LogP contribution is 2.26. The number of halogens is 4. The maximum absolute atomic E-state index is 14.3. The number of pyridine rings is 1. The molecule has 0 bridgehead atoms. The Labute approximate surface area is 143 Å². The van der Waals surface area contributed by atoms with Gasteiger partial charge in [-0.25, -0.2) is 22.4 Å². The second-order valence-corrected chi connectivity index (χ2v) is 5.36. The van der Waals surface area contributed by atoms with Crippen molar-refractivity contribution in [3.8, 4) is 5.69 Å². The Morgan fingerprint density at radius 3 is 2.27 bits per heavy atom. The topological polar surface area (TPSA) is 71.3 Å². The monoisotopic (exact) mass is 366 g/mol. The van der Waals surface area contributed by atoms with Crippen LogP contribution in [-0.4, -0.2) is 22.7 Å². The molecule has 134 valence electrons. The number of hydrogen-bond donors (Lipinski definition) is 2. The quantitative estimate of drug-likeness (QED) is 0.698. The molecule has 0 saturated carbocycles. The van der Waals surface area contributed by atoms with Crippen molar-refractivity contribution in [3.63, 3.8) is 0 Å². The average molecular weight is 366 g/mol. The van der Waals surface area contributed by atoms with Crippen LogP contribution in [0, 0.1) is 23.3 Å². The number of rotatable bonds is 3. The fourth-order valence-corrected chi connectivity index (χ4v) is 2.59. The van der Waals surface area contributed by atoms with Crippen LogP contribution in [-0.2, 0) is 0 Å². The summed E-state index contributed by atoms with van der Waals surface area (Å²) in [5.41, 5.74) is -2.58. The summed E-state index contributed by atoms with van der Waals surface area (Å²) in [5, 5.41) is 11.2. The first-order chi connectivity index (χ1) is 12.2. The molecule has 0 aliphatic carbocycles. The van der Waals surface area contributed by atoms with Crippen LogP contribution >= 0.6 is 0 Å². The van der Waals surface area contributed by atoms with E-state index in [2.05, 4.69) is 5.32 Å². The maximum Gasteiger partial charge on any atom is 0.341 e. The van der Waals surface area contributed by atoms with Crippen molar-refractivity contribution in [3.05, 3.63) is 69.5 Å². The number of aromatic carboxylic acids is 1. The normalized spacial score (nSPS) is 11.0. The van der Waals surface area contributed by atoms with E-state index in [1.807, 2.05) is 0 Å². The molecule has 9 heteroatoms.